The number of hydrogen-bond acceptors (Lipinski definition) is 3. The fourth-order valence-corrected chi connectivity index (χ4v) is 3.34. The summed E-state index contributed by atoms with van der Waals surface area (Å²) in [6.45, 7) is 8.86. The molecule has 4 nitrogen and oxygen atoms in total. The number of nitrogens with zero attached hydrogens (tertiary/aromatic N) is 1. The van der Waals surface area contributed by atoms with Gasteiger partial charge in [-0.1, -0.05) is 33.6 Å². The van der Waals surface area contributed by atoms with Crippen molar-refractivity contribution in [3.8, 4) is 0 Å². The van der Waals surface area contributed by atoms with Crippen LogP contribution in [0.25, 0.3) is 0 Å². The molecule has 1 aliphatic rings. The van der Waals surface area contributed by atoms with Crippen LogP contribution in [0.5, 0.6) is 0 Å². The van der Waals surface area contributed by atoms with Crippen LogP contribution >= 0.6 is 0 Å². The van der Waals surface area contributed by atoms with Gasteiger partial charge in [0.05, 0.1) is 12.3 Å². The van der Waals surface area contributed by atoms with E-state index >= 15 is 0 Å². The van der Waals surface area contributed by atoms with E-state index in [0.29, 0.717) is 6.54 Å². The van der Waals surface area contributed by atoms with E-state index in [2.05, 4.69) is 31.0 Å². The van der Waals surface area contributed by atoms with Crippen molar-refractivity contribution >= 4 is 5.91 Å². The molecule has 1 heterocycles. The van der Waals surface area contributed by atoms with Gasteiger partial charge in [-0.25, -0.2) is 0 Å². The largest absolute Gasteiger partial charge is 0.468 e. The van der Waals surface area contributed by atoms with E-state index in [1.54, 1.807) is 6.26 Å². The van der Waals surface area contributed by atoms with Crippen molar-refractivity contribution in [2.24, 2.45) is 5.41 Å². The van der Waals surface area contributed by atoms with E-state index in [1.165, 1.54) is 12.8 Å². The molecule has 0 aliphatic heterocycles. The van der Waals surface area contributed by atoms with Crippen LogP contribution in [0, 0.1) is 5.41 Å². The van der Waals surface area contributed by atoms with E-state index in [1.807, 2.05) is 12.1 Å². The molecule has 1 atom stereocenters. The third kappa shape index (κ3) is 3.67. The smallest absolute Gasteiger partial charge is 0.226 e. The number of likely N-dealkylation sites (N-methyl/N-ethyl adjacent to an activating group) is 1. The quantitative estimate of drug-likeness (QED) is 0.838. The Labute approximate surface area is 127 Å². The highest BCUT2D eigenvalue weighted by Crippen LogP contribution is 2.37. The highest BCUT2D eigenvalue weighted by molar-refractivity contribution is 5.82. The topological polar surface area (TPSA) is 45.5 Å². The number of carbonyl (C=O) groups excluding carboxylic acids is 1. The molecule has 1 fully saturated rings. The molecular formula is C17H28N2O2. The zero-order chi connectivity index (χ0) is 15.3. The van der Waals surface area contributed by atoms with Crippen LogP contribution in [0.1, 0.15) is 58.3 Å². The number of rotatable bonds is 7. The SMILES string of the molecule is CCN(CC)C(CNC(=O)C1(C)CCCC1)c1ccco1. The number of amides is 1. The molecule has 0 spiro atoms. The van der Waals surface area contributed by atoms with Gasteiger partial charge in [-0.15, -0.1) is 0 Å². The van der Waals surface area contributed by atoms with Gasteiger partial charge in [0.25, 0.3) is 0 Å². The Morgan fingerprint density at radius 2 is 2.05 bits per heavy atom. The average Bonchev–Trinajstić information content (AvgIpc) is 3.15. The lowest BCUT2D eigenvalue weighted by atomic mass is 9.88. The minimum absolute atomic E-state index is 0.115. The summed E-state index contributed by atoms with van der Waals surface area (Å²) in [4.78, 5) is 14.8. The number of carbonyl (C=O) groups is 1. The third-order valence-electron chi connectivity index (χ3n) is 4.84. The van der Waals surface area contributed by atoms with Gasteiger partial charge in [-0.3, -0.25) is 9.69 Å². The lowest BCUT2D eigenvalue weighted by molar-refractivity contribution is -0.130. The molecule has 2 rings (SSSR count). The molecule has 4 heteroatoms. The van der Waals surface area contributed by atoms with Crippen LogP contribution in [0.4, 0.5) is 0 Å². The molecule has 1 amide bonds. The van der Waals surface area contributed by atoms with Gasteiger partial charge >= 0.3 is 0 Å². The molecule has 1 aliphatic carbocycles. The first-order valence-corrected chi connectivity index (χ1v) is 8.16. The summed E-state index contributed by atoms with van der Waals surface area (Å²) in [5, 5.41) is 3.16. The van der Waals surface area contributed by atoms with Crippen molar-refractivity contribution in [2.45, 2.75) is 52.5 Å². The zero-order valence-corrected chi connectivity index (χ0v) is 13.5. The van der Waals surface area contributed by atoms with Crippen LogP contribution in [-0.2, 0) is 4.79 Å². The average molecular weight is 292 g/mol. The first kappa shape index (κ1) is 16.1. The summed E-state index contributed by atoms with van der Waals surface area (Å²) in [7, 11) is 0. The summed E-state index contributed by atoms with van der Waals surface area (Å²) < 4.78 is 5.57. The van der Waals surface area contributed by atoms with Crippen LogP contribution < -0.4 is 5.32 Å². The van der Waals surface area contributed by atoms with Crippen molar-refractivity contribution in [3.63, 3.8) is 0 Å². The molecule has 1 saturated carbocycles. The highest BCUT2D eigenvalue weighted by Gasteiger charge is 2.36. The molecule has 0 bridgehead atoms. The van der Waals surface area contributed by atoms with Crippen molar-refractivity contribution < 1.29 is 9.21 Å². The van der Waals surface area contributed by atoms with Gasteiger partial charge in [0.15, 0.2) is 0 Å². The summed E-state index contributed by atoms with van der Waals surface area (Å²) in [5.74, 6) is 1.12. The Bertz CT molecular complexity index is 432. The Kier molecular flexibility index (Phi) is 5.45. The Balaban J connectivity index is 2.00. The highest BCUT2D eigenvalue weighted by atomic mass is 16.3. The molecule has 0 aromatic carbocycles. The molecule has 1 aromatic heterocycles. The second-order valence-electron chi connectivity index (χ2n) is 6.23. The van der Waals surface area contributed by atoms with Gasteiger partial charge in [0.2, 0.25) is 5.91 Å². The predicted molar refractivity (Wildman–Crippen MR) is 84.0 cm³/mol. The normalized spacial score (nSPS) is 18.9. The predicted octanol–water partition coefficient (Wildman–Crippen LogP) is 3.36. The fourth-order valence-electron chi connectivity index (χ4n) is 3.34. The number of hydrogen-bond donors (Lipinski definition) is 1. The van der Waals surface area contributed by atoms with Crippen LogP contribution in [0.15, 0.2) is 22.8 Å². The van der Waals surface area contributed by atoms with Crippen LogP contribution in [0.2, 0.25) is 0 Å². The van der Waals surface area contributed by atoms with Gasteiger partial charge in [-0.2, -0.15) is 0 Å². The summed E-state index contributed by atoms with van der Waals surface area (Å²) in [5.41, 5.74) is -0.170. The van der Waals surface area contributed by atoms with Gasteiger partial charge in [-0.05, 0) is 38.1 Å². The van der Waals surface area contributed by atoms with E-state index < -0.39 is 0 Å². The van der Waals surface area contributed by atoms with Crippen molar-refractivity contribution in [2.75, 3.05) is 19.6 Å². The summed E-state index contributed by atoms with van der Waals surface area (Å²) in [6, 6.07) is 4.02. The maximum Gasteiger partial charge on any atom is 0.226 e. The zero-order valence-electron chi connectivity index (χ0n) is 13.5. The summed E-state index contributed by atoms with van der Waals surface area (Å²) in [6.07, 6.45) is 6.06. The molecular weight excluding hydrogens is 264 g/mol. The second kappa shape index (κ2) is 7.12. The van der Waals surface area contributed by atoms with E-state index in [0.717, 1.165) is 31.7 Å². The van der Waals surface area contributed by atoms with Crippen LogP contribution in [0.3, 0.4) is 0 Å². The minimum atomic E-state index is -0.170. The van der Waals surface area contributed by atoms with Crippen LogP contribution in [-0.4, -0.2) is 30.4 Å². The molecule has 1 N–H and O–H groups in total. The molecule has 0 saturated heterocycles. The standard InChI is InChI=1S/C17H28N2O2/c1-4-19(5-2)14(15-9-8-12-21-15)13-18-16(20)17(3)10-6-7-11-17/h8-9,12,14H,4-7,10-11,13H2,1-3H3,(H,18,20). The van der Waals surface area contributed by atoms with Crippen molar-refractivity contribution in [1.82, 2.24) is 10.2 Å². The molecule has 1 aromatic rings. The van der Waals surface area contributed by atoms with Gasteiger partial charge in [0, 0.05) is 12.0 Å². The molecule has 0 radical (unpaired) electrons. The molecule has 21 heavy (non-hydrogen) atoms. The van der Waals surface area contributed by atoms with E-state index in [9.17, 15) is 4.79 Å². The van der Waals surface area contributed by atoms with Gasteiger partial charge < -0.3 is 9.73 Å². The lowest BCUT2D eigenvalue weighted by Gasteiger charge is -2.30. The van der Waals surface area contributed by atoms with E-state index in [4.69, 9.17) is 4.42 Å². The maximum atomic E-state index is 12.5. The Morgan fingerprint density at radius 3 is 2.57 bits per heavy atom. The number of nitrogens with one attached hydrogen (secondary N) is 1. The Hall–Kier alpha value is -1.29. The molecule has 118 valence electrons. The van der Waals surface area contributed by atoms with Crippen molar-refractivity contribution in [1.29, 1.82) is 0 Å². The number of furan rings is 1. The monoisotopic (exact) mass is 292 g/mol. The van der Waals surface area contributed by atoms with Crippen molar-refractivity contribution in [3.05, 3.63) is 24.2 Å². The first-order valence-electron chi connectivity index (χ1n) is 8.16. The Morgan fingerprint density at radius 1 is 1.38 bits per heavy atom. The third-order valence-corrected chi connectivity index (χ3v) is 4.84. The van der Waals surface area contributed by atoms with Gasteiger partial charge in [0.1, 0.15) is 5.76 Å². The summed E-state index contributed by atoms with van der Waals surface area (Å²) >= 11 is 0. The second-order valence-corrected chi connectivity index (χ2v) is 6.23. The minimum Gasteiger partial charge on any atom is -0.468 e. The first-order chi connectivity index (χ1) is 10.1. The van der Waals surface area contributed by atoms with E-state index in [-0.39, 0.29) is 17.4 Å². The maximum absolute atomic E-state index is 12.5. The fraction of sp³-hybridized carbons (Fsp3) is 0.706. The lowest BCUT2D eigenvalue weighted by Crippen LogP contribution is -2.42. The molecule has 1 unspecified atom stereocenters.